The summed E-state index contributed by atoms with van der Waals surface area (Å²) in [5, 5.41) is 0.478. The SMILES string of the molecule is N[C@@H]1CN(Cc2ccc(F)cc2Cl)C[C@H]1c1ccccc1. The Labute approximate surface area is 129 Å². The lowest BCUT2D eigenvalue weighted by Crippen LogP contribution is -2.28. The van der Waals surface area contributed by atoms with Crippen LogP contribution >= 0.6 is 11.6 Å². The molecule has 0 radical (unpaired) electrons. The normalized spacial score (nSPS) is 22.6. The number of likely N-dealkylation sites (tertiary alicyclic amines) is 1. The van der Waals surface area contributed by atoms with Gasteiger partial charge in [0.1, 0.15) is 5.82 Å². The van der Waals surface area contributed by atoms with Crippen LogP contribution < -0.4 is 5.73 Å². The fourth-order valence-electron chi connectivity index (χ4n) is 2.99. The van der Waals surface area contributed by atoms with Crippen molar-refractivity contribution in [2.24, 2.45) is 5.73 Å². The van der Waals surface area contributed by atoms with Crippen molar-refractivity contribution in [2.45, 2.75) is 18.5 Å². The zero-order chi connectivity index (χ0) is 14.8. The summed E-state index contributed by atoms with van der Waals surface area (Å²) in [6.45, 7) is 2.43. The van der Waals surface area contributed by atoms with E-state index in [0.29, 0.717) is 17.5 Å². The van der Waals surface area contributed by atoms with Crippen molar-refractivity contribution in [1.82, 2.24) is 4.90 Å². The Morgan fingerprint density at radius 1 is 1.14 bits per heavy atom. The van der Waals surface area contributed by atoms with Gasteiger partial charge in [0.2, 0.25) is 0 Å². The molecule has 0 unspecified atom stereocenters. The Balaban J connectivity index is 1.71. The lowest BCUT2D eigenvalue weighted by Gasteiger charge is -2.17. The largest absolute Gasteiger partial charge is 0.326 e. The highest BCUT2D eigenvalue weighted by atomic mass is 35.5. The van der Waals surface area contributed by atoms with E-state index in [1.807, 2.05) is 18.2 Å². The monoisotopic (exact) mass is 304 g/mol. The molecular formula is C17H18ClFN2. The molecule has 2 aromatic carbocycles. The summed E-state index contributed by atoms with van der Waals surface area (Å²) in [6, 6.07) is 15.0. The third kappa shape index (κ3) is 3.26. The summed E-state index contributed by atoms with van der Waals surface area (Å²) in [6.07, 6.45) is 0. The van der Waals surface area contributed by atoms with Gasteiger partial charge in [-0.2, -0.15) is 0 Å². The Kier molecular flexibility index (Phi) is 4.24. The van der Waals surface area contributed by atoms with Gasteiger partial charge < -0.3 is 5.73 Å². The molecule has 110 valence electrons. The predicted octanol–water partition coefficient (Wildman–Crippen LogP) is 3.41. The van der Waals surface area contributed by atoms with Crippen molar-refractivity contribution in [1.29, 1.82) is 0 Å². The number of hydrogen-bond donors (Lipinski definition) is 1. The zero-order valence-electron chi connectivity index (χ0n) is 11.7. The first-order valence-electron chi connectivity index (χ1n) is 7.10. The van der Waals surface area contributed by atoms with E-state index in [4.69, 9.17) is 17.3 Å². The lowest BCUT2D eigenvalue weighted by molar-refractivity contribution is 0.323. The van der Waals surface area contributed by atoms with Crippen molar-refractivity contribution < 1.29 is 4.39 Å². The molecule has 0 saturated carbocycles. The summed E-state index contributed by atoms with van der Waals surface area (Å²) in [7, 11) is 0. The van der Waals surface area contributed by atoms with Crippen molar-refractivity contribution in [3.63, 3.8) is 0 Å². The predicted molar refractivity (Wildman–Crippen MR) is 83.8 cm³/mol. The molecule has 1 aliphatic heterocycles. The second-order valence-electron chi connectivity index (χ2n) is 5.61. The first-order chi connectivity index (χ1) is 10.1. The fourth-order valence-corrected chi connectivity index (χ4v) is 3.21. The van der Waals surface area contributed by atoms with Gasteiger partial charge in [0.25, 0.3) is 0 Å². The number of benzene rings is 2. The number of halogens is 2. The van der Waals surface area contributed by atoms with Gasteiger partial charge in [0.05, 0.1) is 0 Å². The third-order valence-electron chi connectivity index (χ3n) is 4.08. The van der Waals surface area contributed by atoms with Crippen LogP contribution in [0.2, 0.25) is 5.02 Å². The molecular weight excluding hydrogens is 287 g/mol. The van der Waals surface area contributed by atoms with Crippen LogP contribution in [0, 0.1) is 5.82 Å². The minimum Gasteiger partial charge on any atom is -0.326 e. The minimum atomic E-state index is -0.302. The maximum absolute atomic E-state index is 13.1. The van der Waals surface area contributed by atoms with Gasteiger partial charge in [-0.25, -0.2) is 4.39 Å². The van der Waals surface area contributed by atoms with Gasteiger partial charge in [-0.3, -0.25) is 4.90 Å². The van der Waals surface area contributed by atoms with Crippen LogP contribution in [0.25, 0.3) is 0 Å². The van der Waals surface area contributed by atoms with E-state index >= 15 is 0 Å². The van der Waals surface area contributed by atoms with Crippen molar-refractivity contribution >= 4 is 11.6 Å². The minimum absolute atomic E-state index is 0.117. The highest BCUT2D eigenvalue weighted by molar-refractivity contribution is 6.31. The molecule has 2 atom stereocenters. The standard InChI is InChI=1S/C17H18ClFN2/c18-16-8-14(19)7-6-13(16)9-21-10-15(17(20)11-21)12-4-2-1-3-5-12/h1-8,15,17H,9-11,20H2/t15-,17+/m0/s1. The molecule has 0 amide bonds. The van der Waals surface area contributed by atoms with E-state index in [1.54, 1.807) is 6.07 Å². The first kappa shape index (κ1) is 14.5. The van der Waals surface area contributed by atoms with Gasteiger partial charge >= 0.3 is 0 Å². The van der Waals surface area contributed by atoms with Crippen LogP contribution in [-0.4, -0.2) is 24.0 Å². The van der Waals surface area contributed by atoms with Gasteiger partial charge in [-0.05, 0) is 23.3 Å². The van der Waals surface area contributed by atoms with Gasteiger partial charge in [0.15, 0.2) is 0 Å². The van der Waals surface area contributed by atoms with Crippen LogP contribution in [0.5, 0.6) is 0 Å². The van der Waals surface area contributed by atoms with E-state index < -0.39 is 0 Å². The quantitative estimate of drug-likeness (QED) is 0.941. The molecule has 1 saturated heterocycles. The van der Waals surface area contributed by atoms with Crippen LogP contribution in [0.4, 0.5) is 4.39 Å². The van der Waals surface area contributed by atoms with Crippen LogP contribution in [0.3, 0.4) is 0 Å². The zero-order valence-corrected chi connectivity index (χ0v) is 12.4. The molecule has 0 spiro atoms. The van der Waals surface area contributed by atoms with Crippen molar-refractivity contribution in [3.8, 4) is 0 Å². The summed E-state index contributed by atoms with van der Waals surface area (Å²) in [5.74, 6) is 0.0365. The maximum atomic E-state index is 13.1. The van der Waals surface area contributed by atoms with Crippen molar-refractivity contribution in [3.05, 3.63) is 70.5 Å². The second-order valence-corrected chi connectivity index (χ2v) is 6.02. The molecule has 4 heteroatoms. The summed E-state index contributed by atoms with van der Waals surface area (Å²) in [5.41, 5.74) is 8.50. The lowest BCUT2D eigenvalue weighted by atomic mass is 9.95. The number of nitrogens with two attached hydrogens (primary N) is 1. The molecule has 2 nitrogen and oxygen atoms in total. The van der Waals surface area contributed by atoms with E-state index in [1.165, 1.54) is 17.7 Å². The van der Waals surface area contributed by atoms with E-state index in [-0.39, 0.29) is 11.9 Å². The summed E-state index contributed by atoms with van der Waals surface area (Å²) >= 11 is 6.10. The molecule has 21 heavy (non-hydrogen) atoms. The average Bonchev–Trinajstić information content (AvgIpc) is 2.84. The molecule has 2 aromatic rings. The maximum Gasteiger partial charge on any atom is 0.124 e. The Morgan fingerprint density at radius 3 is 2.62 bits per heavy atom. The molecule has 1 aliphatic rings. The average molecular weight is 305 g/mol. The van der Waals surface area contributed by atoms with E-state index in [2.05, 4.69) is 17.0 Å². The highest BCUT2D eigenvalue weighted by Crippen LogP contribution is 2.28. The second kappa shape index (κ2) is 6.14. The molecule has 1 heterocycles. The smallest absolute Gasteiger partial charge is 0.124 e. The van der Waals surface area contributed by atoms with Gasteiger partial charge in [-0.1, -0.05) is 48.0 Å². The van der Waals surface area contributed by atoms with Crippen LogP contribution in [0.15, 0.2) is 48.5 Å². The molecule has 0 aromatic heterocycles. The number of nitrogens with zero attached hydrogens (tertiary/aromatic N) is 1. The fraction of sp³-hybridized carbons (Fsp3) is 0.294. The number of rotatable bonds is 3. The van der Waals surface area contributed by atoms with Crippen LogP contribution in [-0.2, 0) is 6.54 Å². The number of hydrogen-bond acceptors (Lipinski definition) is 2. The van der Waals surface area contributed by atoms with Crippen molar-refractivity contribution in [2.75, 3.05) is 13.1 Å². The molecule has 3 rings (SSSR count). The Bertz CT molecular complexity index is 617. The molecule has 0 aliphatic carbocycles. The summed E-state index contributed by atoms with van der Waals surface area (Å²) in [4.78, 5) is 2.28. The van der Waals surface area contributed by atoms with Gasteiger partial charge in [-0.15, -0.1) is 0 Å². The molecule has 1 fully saturated rings. The van der Waals surface area contributed by atoms with Gasteiger partial charge in [0, 0.05) is 36.6 Å². The molecule has 0 bridgehead atoms. The third-order valence-corrected chi connectivity index (χ3v) is 4.43. The first-order valence-corrected chi connectivity index (χ1v) is 7.48. The van der Waals surface area contributed by atoms with Crippen LogP contribution in [0.1, 0.15) is 17.0 Å². The summed E-state index contributed by atoms with van der Waals surface area (Å²) < 4.78 is 13.1. The van der Waals surface area contributed by atoms with E-state index in [0.717, 1.165) is 18.7 Å². The Hall–Kier alpha value is -1.42. The topological polar surface area (TPSA) is 29.3 Å². The van der Waals surface area contributed by atoms with E-state index in [9.17, 15) is 4.39 Å². The highest BCUT2D eigenvalue weighted by Gasteiger charge is 2.31. The Morgan fingerprint density at radius 2 is 1.90 bits per heavy atom. The molecule has 2 N–H and O–H groups in total.